The topological polar surface area (TPSA) is 150 Å². The van der Waals surface area contributed by atoms with Crippen LogP contribution in [0.5, 0.6) is 0 Å². The third kappa shape index (κ3) is 4.85. The van der Waals surface area contributed by atoms with E-state index in [1.54, 1.807) is 13.0 Å². The molecule has 0 atom stereocenters. The monoisotopic (exact) mass is 524 g/mol. The van der Waals surface area contributed by atoms with Gasteiger partial charge in [0.25, 0.3) is 5.91 Å². The Balaban J connectivity index is 1.73. The Kier molecular flexibility index (Phi) is 7.10. The minimum absolute atomic E-state index is 0.0319. The van der Waals surface area contributed by atoms with Crippen LogP contribution in [0, 0.1) is 10.8 Å². The van der Waals surface area contributed by atoms with Crippen molar-refractivity contribution in [3.8, 4) is 0 Å². The fourth-order valence-corrected chi connectivity index (χ4v) is 5.81. The fraction of sp³-hybridized carbons (Fsp3) is 0.333. The fourth-order valence-electron chi connectivity index (χ4n) is 5.81. The maximum atomic E-state index is 12.7. The summed E-state index contributed by atoms with van der Waals surface area (Å²) in [6.07, 6.45) is 1.82. The minimum atomic E-state index is -0.536. The SMILES string of the molecule is CC(=N)N(c1cc(C(N)=O)c2nc(C(C)C)n(Cc3ccc(C(=N)N)c4ccccc34)c2c1)C1CCNCC1. The standard InChI is InChI=1S/C30H36N8O/c1-17(2)30-36-27-25(29(34)39)14-21(38(18(3)31)20-10-12-35-13-11-20)15-26(27)37(30)16-19-8-9-24(28(32)33)23-7-5-4-6-22(19)23/h4-9,14-15,17,20,31,35H,10-13,16H2,1-3H3,(H3,32,33)(H2,34,39). The van der Waals surface area contributed by atoms with Crippen LogP contribution in [0.1, 0.15) is 66.8 Å². The molecule has 0 bridgehead atoms. The van der Waals surface area contributed by atoms with Gasteiger partial charge in [0.05, 0.1) is 16.9 Å². The van der Waals surface area contributed by atoms with Crippen molar-refractivity contribution in [3.05, 3.63) is 71.0 Å². The molecule has 9 heteroatoms. The van der Waals surface area contributed by atoms with Crippen molar-refractivity contribution >= 4 is 45.1 Å². The number of primary amides is 1. The van der Waals surface area contributed by atoms with Crippen molar-refractivity contribution in [2.45, 2.75) is 52.1 Å². The van der Waals surface area contributed by atoms with Crippen molar-refractivity contribution in [1.82, 2.24) is 14.9 Å². The summed E-state index contributed by atoms with van der Waals surface area (Å²) in [7, 11) is 0. The van der Waals surface area contributed by atoms with E-state index >= 15 is 0 Å². The Bertz CT molecular complexity index is 1600. The number of carbonyl (C=O) groups excluding carboxylic acids is 1. The van der Waals surface area contributed by atoms with E-state index in [2.05, 4.69) is 23.7 Å². The highest BCUT2D eigenvalue weighted by Gasteiger charge is 2.27. The number of anilines is 1. The minimum Gasteiger partial charge on any atom is -0.384 e. The number of piperidine rings is 1. The molecular weight excluding hydrogens is 488 g/mol. The van der Waals surface area contributed by atoms with Gasteiger partial charge in [0.15, 0.2) is 0 Å². The average Bonchev–Trinajstić information content (AvgIpc) is 3.27. The van der Waals surface area contributed by atoms with Crippen LogP contribution >= 0.6 is 0 Å². The third-order valence-corrected chi connectivity index (χ3v) is 7.60. The van der Waals surface area contributed by atoms with E-state index in [0.717, 1.165) is 59.3 Å². The largest absolute Gasteiger partial charge is 0.384 e. The zero-order chi connectivity index (χ0) is 27.8. The molecule has 1 aliphatic rings. The summed E-state index contributed by atoms with van der Waals surface area (Å²) in [5, 5.41) is 22.0. The summed E-state index contributed by atoms with van der Waals surface area (Å²) in [6.45, 7) is 8.25. The number of carbonyl (C=O) groups is 1. The number of nitrogens with zero attached hydrogens (tertiary/aromatic N) is 3. The van der Waals surface area contributed by atoms with Crippen molar-refractivity contribution in [3.63, 3.8) is 0 Å². The number of hydrogen-bond acceptors (Lipinski definition) is 5. The lowest BCUT2D eigenvalue weighted by Crippen LogP contribution is -2.45. The van der Waals surface area contributed by atoms with Crippen molar-refractivity contribution in [2.75, 3.05) is 18.0 Å². The highest BCUT2D eigenvalue weighted by molar-refractivity contribution is 6.09. The van der Waals surface area contributed by atoms with E-state index in [9.17, 15) is 4.79 Å². The van der Waals surface area contributed by atoms with Crippen LogP contribution in [-0.4, -0.2) is 46.3 Å². The zero-order valence-corrected chi connectivity index (χ0v) is 22.7. The molecule has 3 aromatic carbocycles. The van der Waals surface area contributed by atoms with Gasteiger partial charge in [-0.3, -0.25) is 15.6 Å². The maximum Gasteiger partial charge on any atom is 0.251 e. The number of nitrogens with one attached hydrogen (secondary N) is 3. The van der Waals surface area contributed by atoms with E-state index in [1.165, 1.54) is 0 Å². The zero-order valence-electron chi connectivity index (χ0n) is 22.7. The molecule has 202 valence electrons. The molecule has 0 unspecified atom stereocenters. The van der Waals surface area contributed by atoms with E-state index in [-0.39, 0.29) is 17.8 Å². The first-order valence-corrected chi connectivity index (χ1v) is 13.4. The van der Waals surface area contributed by atoms with Gasteiger partial charge in [-0.1, -0.05) is 50.2 Å². The number of amides is 1. The molecule has 5 rings (SSSR count). The van der Waals surface area contributed by atoms with E-state index in [4.69, 9.17) is 27.3 Å². The van der Waals surface area contributed by atoms with Gasteiger partial charge in [0.1, 0.15) is 17.2 Å². The summed E-state index contributed by atoms with van der Waals surface area (Å²) in [4.78, 5) is 19.7. The molecule has 4 aromatic rings. The Morgan fingerprint density at radius 2 is 1.77 bits per heavy atom. The van der Waals surface area contributed by atoms with Crippen molar-refractivity contribution < 1.29 is 4.79 Å². The Morgan fingerprint density at radius 1 is 1.08 bits per heavy atom. The molecule has 0 radical (unpaired) electrons. The number of aromatic nitrogens is 2. The van der Waals surface area contributed by atoms with E-state index in [0.29, 0.717) is 29.0 Å². The van der Waals surface area contributed by atoms with Gasteiger partial charge in [0, 0.05) is 29.8 Å². The molecule has 1 aliphatic heterocycles. The first-order chi connectivity index (χ1) is 18.7. The molecule has 1 amide bonds. The molecule has 39 heavy (non-hydrogen) atoms. The number of nitrogen functional groups attached to an aromatic ring is 1. The smallest absolute Gasteiger partial charge is 0.251 e. The molecule has 7 N–H and O–H groups in total. The van der Waals surface area contributed by atoms with Crippen LogP contribution in [0.3, 0.4) is 0 Å². The molecule has 0 spiro atoms. The molecule has 9 nitrogen and oxygen atoms in total. The lowest BCUT2D eigenvalue weighted by molar-refractivity contribution is 0.100. The summed E-state index contributed by atoms with van der Waals surface area (Å²) < 4.78 is 2.16. The number of hydrogen-bond donors (Lipinski definition) is 5. The maximum absolute atomic E-state index is 12.7. The van der Waals surface area contributed by atoms with Gasteiger partial charge in [-0.05, 0) is 61.3 Å². The first-order valence-electron chi connectivity index (χ1n) is 13.4. The highest BCUT2D eigenvalue weighted by Crippen LogP contribution is 2.33. The van der Waals surface area contributed by atoms with E-state index in [1.807, 2.05) is 47.4 Å². The van der Waals surface area contributed by atoms with Crippen LogP contribution in [0.2, 0.25) is 0 Å². The molecule has 1 aromatic heterocycles. The predicted molar refractivity (Wildman–Crippen MR) is 158 cm³/mol. The predicted octanol–water partition coefficient (Wildman–Crippen LogP) is 4.30. The Morgan fingerprint density at radius 3 is 2.38 bits per heavy atom. The lowest BCUT2D eigenvalue weighted by Gasteiger charge is -2.35. The quantitative estimate of drug-likeness (QED) is 0.180. The summed E-state index contributed by atoms with van der Waals surface area (Å²) in [5.74, 6) is 0.867. The van der Waals surface area contributed by atoms with Gasteiger partial charge < -0.3 is 26.3 Å². The first kappa shape index (κ1) is 26.4. The third-order valence-electron chi connectivity index (χ3n) is 7.60. The normalized spacial score (nSPS) is 14.3. The number of rotatable bonds is 7. The van der Waals surface area contributed by atoms with Gasteiger partial charge >= 0.3 is 0 Å². The molecule has 0 saturated carbocycles. The molecule has 0 aliphatic carbocycles. The highest BCUT2D eigenvalue weighted by atomic mass is 16.1. The van der Waals surface area contributed by atoms with Gasteiger partial charge in [-0.15, -0.1) is 0 Å². The number of imidazole rings is 1. The van der Waals surface area contributed by atoms with Crippen molar-refractivity contribution in [1.29, 1.82) is 10.8 Å². The summed E-state index contributed by atoms with van der Waals surface area (Å²) in [5.41, 5.74) is 16.1. The van der Waals surface area contributed by atoms with Crippen LogP contribution in [0.4, 0.5) is 5.69 Å². The summed E-state index contributed by atoms with van der Waals surface area (Å²) in [6, 6.07) is 15.9. The van der Waals surface area contributed by atoms with Crippen molar-refractivity contribution in [2.24, 2.45) is 11.5 Å². The lowest BCUT2D eigenvalue weighted by atomic mass is 9.98. The number of nitrogens with two attached hydrogens (primary N) is 2. The molecule has 1 saturated heterocycles. The summed E-state index contributed by atoms with van der Waals surface area (Å²) >= 11 is 0. The molecular formula is C30H36N8O. The van der Waals surface area contributed by atoms with Gasteiger partial charge in [0.2, 0.25) is 0 Å². The number of benzene rings is 3. The second-order valence-corrected chi connectivity index (χ2v) is 10.6. The van der Waals surface area contributed by atoms with Crippen LogP contribution < -0.4 is 21.7 Å². The van der Waals surface area contributed by atoms with Gasteiger partial charge in [-0.2, -0.15) is 0 Å². The Hall–Kier alpha value is -4.24. The second kappa shape index (κ2) is 10.5. The van der Waals surface area contributed by atoms with Crippen LogP contribution in [-0.2, 0) is 6.54 Å². The molecule has 2 heterocycles. The van der Waals surface area contributed by atoms with E-state index < -0.39 is 5.91 Å². The number of fused-ring (bicyclic) bond motifs is 2. The second-order valence-electron chi connectivity index (χ2n) is 10.6. The Labute approximate surface area is 228 Å². The van der Waals surface area contributed by atoms with Gasteiger partial charge in [-0.25, -0.2) is 4.98 Å². The average molecular weight is 525 g/mol. The van der Waals surface area contributed by atoms with Crippen LogP contribution in [0.15, 0.2) is 48.5 Å². The number of amidine groups is 2. The molecule has 1 fully saturated rings. The van der Waals surface area contributed by atoms with Crippen LogP contribution in [0.25, 0.3) is 21.8 Å².